The molecule has 2 amide bonds. The summed E-state index contributed by atoms with van der Waals surface area (Å²) in [6, 6.07) is 28.7. The number of anilines is 2. The molecule has 2 aromatic heterocycles. The monoisotopic (exact) mass is 704 g/mol. The van der Waals surface area contributed by atoms with Crippen LogP contribution in [0.4, 0.5) is 16.6 Å². The van der Waals surface area contributed by atoms with Crippen LogP contribution in [0, 0.1) is 0 Å². The van der Waals surface area contributed by atoms with Gasteiger partial charge in [0.05, 0.1) is 24.5 Å². The number of aliphatic hydroxyl groups excluding tert-OH is 2. The van der Waals surface area contributed by atoms with Crippen molar-refractivity contribution in [3.63, 3.8) is 0 Å². The first-order valence-electron chi connectivity index (χ1n) is 17.8. The maximum atomic E-state index is 12.7. The normalized spacial score (nSPS) is 21.4. The molecular formula is C39H44N8O5. The Hall–Kier alpha value is -5.53. The number of benzene rings is 3. The highest BCUT2D eigenvalue weighted by molar-refractivity contribution is 5.85. The molecule has 3 aromatic carbocycles. The second-order valence-electron chi connectivity index (χ2n) is 13.4. The smallest absolute Gasteiger partial charge is 0.407 e. The lowest BCUT2D eigenvalue weighted by Crippen LogP contribution is -2.42. The van der Waals surface area contributed by atoms with Gasteiger partial charge in [-0.25, -0.2) is 9.78 Å². The Kier molecular flexibility index (Phi) is 10.6. The summed E-state index contributed by atoms with van der Waals surface area (Å²) in [5.74, 6) is 0.780. The molecule has 1 aliphatic carbocycles. The van der Waals surface area contributed by atoms with Gasteiger partial charge in [0, 0.05) is 32.0 Å². The summed E-state index contributed by atoms with van der Waals surface area (Å²) in [7, 11) is 0. The molecule has 13 nitrogen and oxygen atoms in total. The standard InChI is InChI=1S/C39H44N8O5/c1-2-32(48)43-30-20-31(35(50)34(30)49)47-24-41-33-36(40-21-29(26-14-8-4-9-15-26)27-16-10-5-11-17-27)44-38(45-37(33)47)46-19-18-28(22-46)42-39(51)52-23-25-12-6-3-7-13-25/h3-17,24,28-31,34-35,49-50H,2,18-23H2,1H3,(H,42,51)(H,43,48)(H,40,44,45)/t28?,30-,31+,34+,35-/m0/s1. The van der Waals surface area contributed by atoms with Crippen LogP contribution >= 0.6 is 0 Å². The summed E-state index contributed by atoms with van der Waals surface area (Å²) < 4.78 is 7.24. The maximum Gasteiger partial charge on any atom is 0.407 e. The van der Waals surface area contributed by atoms with Crippen molar-refractivity contribution < 1.29 is 24.5 Å². The van der Waals surface area contributed by atoms with Crippen LogP contribution in [0.15, 0.2) is 97.3 Å². The fourth-order valence-corrected chi connectivity index (χ4v) is 7.14. The first-order chi connectivity index (χ1) is 25.4. The molecule has 1 aliphatic heterocycles. The highest BCUT2D eigenvalue weighted by Gasteiger charge is 2.44. The van der Waals surface area contributed by atoms with E-state index in [2.05, 4.69) is 40.2 Å². The van der Waals surface area contributed by atoms with Gasteiger partial charge in [-0.05, 0) is 29.5 Å². The zero-order valence-corrected chi connectivity index (χ0v) is 29.0. The van der Waals surface area contributed by atoms with Crippen LogP contribution in [0.25, 0.3) is 11.2 Å². The van der Waals surface area contributed by atoms with Gasteiger partial charge in [-0.15, -0.1) is 0 Å². The fourth-order valence-electron chi connectivity index (χ4n) is 7.14. The number of fused-ring (bicyclic) bond motifs is 1. The number of aromatic nitrogens is 4. The molecule has 2 fully saturated rings. The number of hydrogen-bond acceptors (Lipinski definition) is 10. The largest absolute Gasteiger partial charge is 0.445 e. The van der Waals surface area contributed by atoms with Gasteiger partial charge in [-0.1, -0.05) is 97.9 Å². The van der Waals surface area contributed by atoms with Gasteiger partial charge in [0.1, 0.15) is 18.8 Å². The molecule has 5 aromatic rings. The highest BCUT2D eigenvalue weighted by atomic mass is 16.5. The Morgan fingerprint density at radius 1 is 0.904 bits per heavy atom. The summed E-state index contributed by atoms with van der Waals surface area (Å²) in [5, 5.41) is 31.5. The van der Waals surface area contributed by atoms with Gasteiger partial charge in [-0.3, -0.25) is 4.79 Å². The van der Waals surface area contributed by atoms with Crippen molar-refractivity contribution >= 4 is 34.9 Å². The van der Waals surface area contributed by atoms with Crippen molar-refractivity contribution in [3.05, 3.63) is 114 Å². The van der Waals surface area contributed by atoms with Crippen molar-refractivity contribution in [2.45, 2.75) is 69.0 Å². The topological polar surface area (TPSA) is 167 Å². The van der Waals surface area contributed by atoms with Gasteiger partial charge in [0.25, 0.3) is 0 Å². The minimum Gasteiger partial charge on any atom is -0.445 e. The Morgan fingerprint density at radius 3 is 2.25 bits per heavy atom. The van der Waals surface area contributed by atoms with E-state index in [1.54, 1.807) is 17.8 Å². The van der Waals surface area contributed by atoms with Crippen molar-refractivity contribution in [1.29, 1.82) is 0 Å². The predicted molar refractivity (Wildman–Crippen MR) is 197 cm³/mol. The molecule has 0 bridgehead atoms. The van der Waals surface area contributed by atoms with Crippen LogP contribution in [0.5, 0.6) is 0 Å². The molecule has 0 radical (unpaired) electrons. The van der Waals surface area contributed by atoms with E-state index in [1.807, 2.05) is 71.6 Å². The average molecular weight is 705 g/mol. The average Bonchev–Trinajstić information content (AvgIpc) is 3.90. The van der Waals surface area contributed by atoms with Crippen LogP contribution < -0.4 is 20.9 Å². The third-order valence-electron chi connectivity index (χ3n) is 9.97. The van der Waals surface area contributed by atoms with E-state index in [9.17, 15) is 19.8 Å². The summed E-state index contributed by atoms with van der Waals surface area (Å²) in [5.41, 5.74) is 4.21. The molecule has 5 atom stereocenters. The van der Waals surface area contributed by atoms with Gasteiger partial charge in [-0.2, -0.15) is 9.97 Å². The molecule has 5 N–H and O–H groups in total. The Balaban J connectivity index is 1.16. The van der Waals surface area contributed by atoms with Crippen molar-refractivity contribution in [3.8, 4) is 0 Å². The number of ether oxygens (including phenoxy) is 1. The molecule has 2 aliphatic rings. The zero-order valence-electron chi connectivity index (χ0n) is 29.0. The lowest BCUT2D eigenvalue weighted by atomic mass is 9.91. The van der Waals surface area contributed by atoms with Gasteiger partial charge >= 0.3 is 6.09 Å². The second kappa shape index (κ2) is 15.8. The van der Waals surface area contributed by atoms with E-state index in [1.165, 1.54) is 0 Å². The molecule has 0 spiro atoms. The van der Waals surface area contributed by atoms with Crippen molar-refractivity contribution in [2.24, 2.45) is 0 Å². The molecule has 52 heavy (non-hydrogen) atoms. The van der Waals surface area contributed by atoms with E-state index in [4.69, 9.17) is 19.7 Å². The number of rotatable bonds is 12. The molecular weight excluding hydrogens is 660 g/mol. The number of amides is 2. The first kappa shape index (κ1) is 34.9. The highest BCUT2D eigenvalue weighted by Crippen LogP contribution is 2.35. The first-order valence-corrected chi connectivity index (χ1v) is 17.8. The van der Waals surface area contributed by atoms with Crippen LogP contribution in [-0.2, 0) is 16.1 Å². The summed E-state index contributed by atoms with van der Waals surface area (Å²) in [4.78, 5) is 41.6. The summed E-state index contributed by atoms with van der Waals surface area (Å²) in [6.07, 6.45) is 0.0549. The molecule has 1 saturated heterocycles. The van der Waals surface area contributed by atoms with Crippen LogP contribution in [-0.4, -0.2) is 85.7 Å². The summed E-state index contributed by atoms with van der Waals surface area (Å²) in [6.45, 7) is 3.49. The number of carbonyl (C=O) groups excluding carboxylic acids is 2. The molecule has 1 unspecified atom stereocenters. The lowest BCUT2D eigenvalue weighted by molar-refractivity contribution is -0.122. The Labute approximate surface area is 302 Å². The quantitative estimate of drug-likeness (QED) is 0.127. The summed E-state index contributed by atoms with van der Waals surface area (Å²) >= 11 is 0. The van der Waals surface area contributed by atoms with Gasteiger partial charge < -0.3 is 40.4 Å². The third kappa shape index (κ3) is 7.70. The van der Waals surface area contributed by atoms with E-state index in [-0.39, 0.29) is 30.9 Å². The molecule has 13 heteroatoms. The SMILES string of the molecule is CCC(=O)N[C@H]1C[C@@H](n2cnc3c(NCC(c4ccccc4)c4ccccc4)nc(N4CCC(NC(=O)OCc5ccccc5)C4)nc32)[C@H](O)[C@@H]1O. The zero-order chi connectivity index (χ0) is 36.0. The van der Waals surface area contributed by atoms with Crippen molar-refractivity contribution in [1.82, 2.24) is 30.2 Å². The van der Waals surface area contributed by atoms with E-state index in [0.29, 0.717) is 55.4 Å². The van der Waals surface area contributed by atoms with Gasteiger partial charge in [0.2, 0.25) is 11.9 Å². The van der Waals surface area contributed by atoms with Crippen LogP contribution in [0.2, 0.25) is 0 Å². The number of alkyl carbamates (subject to hydrolysis) is 1. The Bertz CT molecular complexity index is 1920. The van der Waals surface area contributed by atoms with E-state index in [0.717, 1.165) is 16.7 Å². The third-order valence-corrected chi connectivity index (χ3v) is 9.97. The number of nitrogens with one attached hydrogen (secondary N) is 3. The molecule has 7 rings (SSSR count). The molecule has 3 heterocycles. The maximum absolute atomic E-state index is 12.7. The molecule has 1 saturated carbocycles. The molecule has 270 valence electrons. The second-order valence-corrected chi connectivity index (χ2v) is 13.4. The van der Waals surface area contributed by atoms with Crippen LogP contribution in [0.3, 0.4) is 0 Å². The van der Waals surface area contributed by atoms with Gasteiger partial charge in [0.15, 0.2) is 17.0 Å². The minimum absolute atomic E-state index is 0.00922. The number of hydrogen-bond donors (Lipinski definition) is 5. The number of carbonyl (C=O) groups is 2. The number of aliphatic hydroxyl groups is 2. The Morgan fingerprint density at radius 2 is 1.58 bits per heavy atom. The number of imidazole rings is 1. The fraction of sp³-hybridized carbons (Fsp3) is 0.359. The van der Waals surface area contributed by atoms with E-state index < -0.39 is 30.4 Å². The van der Waals surface area contributed by atoms with Crippen LogP contribution in [0.1, 0.15) is 54.8 Å². The lowest BCUT2D eigenvalue weighted by Gasteiger charge is -2.22. The minimum atomic E-state index is -1.16. The predicted octanol–water partition coefficient (Wildman–Crippen LogP) is 4.14. The van der Waals surface area contributed by atoms with Crippen molar-refractivity contribution in [2.75, 3.05) is 29.9 Å². The number of nitrogens with zero attached hydrogens (tertiary/aromatic N) is 5. The van der Waals surface area contributed by atoms with E-state index >= 15 is 0 Å².